The molecule has 0 aromatic carbocycles. The summed E-state index contributed by atoms with van der Waals surface area (Å²) in [5, 5.41) is 0. The molecule has 0 fully saturated rings. The molecule has 26 heavy (non-hydrogen) atoms. The average molecular weight is 597 g/mol. The molecule has 0 aliphatic rings. The first-order valence-corrected chi connectivity index (χ1v) is 27.6. The van der Waals surface area contributed by atoms with Gasteiger partial charge < -0.3 is 47.3 Å². The summed E-state index contributed by atoms with van der Waals surface area (Å²) in [5.41, 5.74) is 0. The van der Waals surface area contributed by atoms with E-state index in [2.05, 4.69) is 6.55 Å². The van der Waals surface area contributed by atoms with Crippen LogP contribution in [0.3, 0.4) is 0 Å². The van der Waals surface area contributed by atoms with Gasteiger partial charge in [0.05, 0.1) is 0 Å². The van der Waals surface area contributed by atoms with Crippen LogP contribution in [0.1, 0.15) is 0 Å². The highest BCUT2D eigenvalue weighted by atomic mass is 29.2. The smallest absolute Gasteiger partial charge is 0.292 e. The van der Waals surface area contributed by atoms with Crippen LogP contribution >= 0.6 is 0 Å². The molecule has 0 aromatic heterocycles. The van der Waals surface area contributed by atoms with E-state index in [0.29, 0.717) is 0 Å². The molecule has 11 nitrogen and oxygen atoms in total. The Labute approximate surface area is 184 Å². The highest BCUT2D eigenvalue weighted by Gasteiger charge is 2.34. The van der Waals surface area contributed by atoms with E-state index >= 15 is 0 Å². The standard InChI is InChI=1S/C2H32O11Si13/c1-14-6-25-26-9-18-2(15-3,16-7-21-12-23-10-19-4)17-8-22-13-24-11-20-5/h3-5H,14-26H2,1H3. The van der Waals surface area contributed by atoms with Crippen LogP contribution in [-0.4, -0.2) is 142 Å². The van der Waals surface area contributed by atoms with Crippen LogP contribution in [0.4, 0.5) is 0 Å². The molecule has 0 rings (SSSR count). The predicted octanol–water partition coefficient (Wildman–Crippen LogP) is -13.3. The lowest BCUT2D eigenvalue weighted by molar-refractivity contribution is 0.394. The Morgan fingerprint density at radius 2 is 1.04 bits per heavy atom. The van der Waals surface area contributed by atoms with Crippen molar-refractivity contribution in [2.45, 2.75) is 10.5 Å². The summed E-state index contributed by atoms with van der Waals surface area (Å²) in [6.07, 6.45) is 0. The third kappa shape index (κ3) is 17.3. The molecule has 0 aromatic rings. The van der Waals surface area contributed by atoms with Gasteiger partial charge in [0.1, 0.15) is 19.5 Å². The SMILES string of the molecule is C[SiH2]O[SiH2][SiH2]O[SiH2]C([SiH2]O)([SiH2]O[SiH2]O[SiH2]O[SiH2]O)[SiH2]O[SiH2]O[SiH2]O[SiH2]O. The van der Waals surface area contributed by atoms with Crippen molar-refractivity contribution in [2.75, 3.05) is 0 Å². The summed E-state index contributed by atoms with van der Waals surface area (Å²) >= 11 is 0. The predicted molar refractivity (Wildman–Crippen MR) is 135 cm³/mol. The summed E-state index contributed by atoms with van der Waals surface area (Å²) in [4.78, 5) is 27.5. The Kier molecular flexibility index (Phi) is 24.1. The van der Waals surface area contributed by atoms with Crippen molar-refractivity contribution in [1.29, 1.82) is 0 Å². The molecule has 0 heterocycles. The maximum absolute atomic E-state index is 10.1. The second-order valence-electron chi connectivity index (χ2n) is 5.15. The Bertz CT molecular complexity index is 273. The Morgan fingerprint density at radius 1 is 0.577 bits per heavy atom. The van der Waals surface area contributed by atoms with Crippen molar-refractivity contribution in [1.82, 2.24) is 0 Å². The molecule has 3 N–H and O–H groups in total. The van der Waals surface area contributed by atoms with E-state index < -0.39 is 118 Å². The maximum Gasteiger partial charge on any atom is 0.292 e. The zero-order valence-electron chi connectivity index (χ0n) is 15.3. The summed E-state index contributed by atoms with van der Waals surface area (Å²) in [6, 6.07) is 0. The summed E-state index contributed by atoms with van der Waals surface area (Å²) in [5.74, 6) is 0. The highest BCUT2D eigenvalue weighted by Crippen LogP contribution is 2.19. The van der Waals surface area contributed by atoms with Crippen LogP contribution in [0.5, 0.6) is 0 Å². The maximum atomic E-state index is 10.1. The summed E-state index contributed by atoms with van der Waals surface area (Å²) in [7, 11) is -12.3. The third-order valence-electron chi connectivity index (χ3n) is 2.99. The Hall–Kier alpha value is 2.38. The zero-order chi connectivity index (χ0) is 19.3. The molecule has 0 radical (unpaired) electrons. The van der Waals surface area contributed by atoms with Crippen molar-refractivity contribution in [3.05, 3.63) is 0 Å². The molecule has 0 bridgehead atoms. The minimum absolute atomic E-state index is 0.0833. The minimum Gasteiger partial charge on any atom is -0.466 e. The molecule has 0 atom stereocenters. The monoisotopic (exact) mass is 596 g/mol. The lowest BCUT2D eigenvalue weighted by atomic mass is 11.8. The molecular weight excluding hydrogens is 565 g/mol. The number of hydrogen-bond donors (Lipinski definition) is 3. The van der Waals surface area contributed by atoms with Crippen molar-refractivity contribution in [3.63, 3.8) is 0 Å². The average Bonchev–Trinajstić information content (AvgIpc) is 2.66. The molecule has 0 saturated carbocycles. The van der Waals surface area contributed by atoms with Crippen LogP contribution in [-0.2, 0) is 32.9 Å². The van der Waals surface area contributed by atoms with E-state index in [1.165, 1.54) is 0 Å². The van der Waals surface area contributed by atoms with Crippen LogP contribution in [0.2, 0.25) is 10.5 Å². The third-order valence-corrected chi connectivity index (χ3v) is 32.1. The van der Waals surface area contributed by atoms with Gasteiger partial charge in [0.25, 0.3) is 60.0 Å². The topological polar surface area (TPSA) is 135 Å². The Morgan fingerprint density at radius 3 is 1.50 bits per heavy atom. The second-order valence-corrected chi connectivity index (χ2v) is 36.7. The number of hydrogen-bond acceptors (Lipinski definition) is 11. The lowest BCUT2D eigenvalue weighted by Crippen LogP contribution is -2.44. The normalized spacial score (nSPS) is 19.8. The highest BCUT2D eigenvalue weighted by molar-refractivity contribution is 6.99. The molecule has 24 heteroatoms. The quantitative estimate of drug-likeness (QED) is 0.0861. The largest absolute Gasteiger partial charge is 0.466 e. The van der Waals surface area contributed by atoms with Gasteiger partial charge in [0.15, 0.2) is 47.9 Å². The van der Waals surface area contributed by atoms with Gasteiger partial charge in [-0.05, 0) is 0 Å². The first-order chi connectivity index (χ1) is 12.7. The van der Waals surface area contributed by atoms with E-state index in [4.69, 9.17) is 42.5 Å². The first kappa shape index (κ1) is 28.4. The van der Waals surface area contributed by atoms with Gasteiger partial charge >= 0.3 is 0 Å². The van der Waals surface area contributed by atoms with Crippen LogP contribution < -0.4 is 0 Å². The van der Waals surface area contributed by atoms with Crippen molar-refractivity contribution in [3.8, 4) is 0 Å². The zero-order valence-corrected chi connectivity index (χ0v) is 33.7. The number of rotatable bonds is 21. The van der Waals surface area contributed by atoms with Crippen LogP contribution in [0.25, 0.3) is 0 Å². The van der Waals surface area contributed by atoms with Crippen molar-refractivity contribution < 1.29 is 47.3 Å². The van der Waals surface area contributed by atoms with E-state index in [0.717, 1.165) is 0 Å². The van der Waals surface area contributed by atoms with E-state index in [9.17, 15) is 4.80 Å². The van der Waals surface area contributed by atoms with E-state index in [1.807, 2.05) is 0 Å². The molecule has 0 spiro atoms. The van der Waals surface area contributed by atoms with Gasteiger partial charge in [-0.25, -0.2) is 0 Å². The molecule has 0 aliphatic heterocycles. The first-order valence-electron chi connectivity index (χ1n) is 8.19. The molecule has 0 aliphatic carbocycles. The molecular formula is C2H32O11Si13. The molecule has 158 valence electrons. The fourth-order valence-corrected chi connectivity index (χ4v) is 37.3. The van der Waals surface area contributed by atoms with Gasteiger partial charge in [-0.2, -0.15) is 0 Å². The fourth-order valence-electron chi connectivity index (χ4n) is 1.71. The van der Waals surface area contributed by atoms with Crippen LogP contribution in [0.15, 0.2) is 0 Å². The molecule has 0 saturated heterocycles. The van der Waals surface area contributed by atoms with Gasteiger partial charge in [-0.3, -0.25) is 0 Å². The van der Waals surface area contributed by atoms with Crippen LogP contribution in [0, 0.1) is 0 Å². The van der Waals surface area contributed by atoms with Gasteiger partial charge in [-0.15, -0.1) is 0 Å². The summed E-state index contributed by atoms with van der Waals surface area (Å²) in [6.45, 7) is 2.14. The minimum atomic E-state index is -1.37. The Balaban J connectivity index is 4.22. The van der Waals surface area contributed by atoms with E-state index in [-0.39, 0.29) is 13.7 Å². The lowest BCUT2D eigenvalue weighted by Gasteiger charge is -2.29. The van der Waals surface area contributed by atoms with Gasteiger partial charge in [0.2, 0.25) is 0 Å². The summed E-state index contributed by atoms with van der Waals surface area (Å²) < 4.78 is 44.1. The van der Waals surface area contributed by atoms with Gasteiger partial charge in [-0.1, -0.05) is 6.55 Å². The molecule has 0 amide bonds. The van der Waals surface area contributed by atoms with E-state index in [1.54, 1.807) is 0 Å². The van der Waals surface area contributed by atoms with Crippen molar-refractivity contribution >= 4 is 127 Å². The fraction of sp³-hybridized carbons (Fsp3) is 1.00. The molecule has 0 unspecified atom stereocenters. The second kappa shape index (κ2) is 22.1. The van der Waals surface area contributed by atoms with Gasteiger partial charge in [0, 0.05) is 3.91 Å². The van der Waals surface area contributed by atoms with Crippen molar-refractivity contribution in [2.24, 2.45) is 0 Å².